The van der Waals surface area contributed by atoms with Crippen LogP contribution in [0.15, 0.2) is 36.7 Å². The van der Waals surface area contributed by atoms with Crippen LogP contribution in [0.2, 0.25) is 0 Å². The number of pyridine rings is 1. The quantitative estimate of drug-likeness (QED) is 0.878. The third-order valence-corrected chi connectivity index (χ3v) is 5.98. The first kappa shape index (κ1) is 16.7. The Morgan fingerprint density at radius 1 is 1.24 bits per heavy atom. The molecule has 0 bridgehead atoms. The van der Waals surface area contributed by atoms with E-state index in [9.17, 15) is 0 Å². The van der Waals surface area contributed by atoms with Gasteiger partial charge in [0.25, 0.3) is 0 Å². The van der Waals surface area contributed by atoms with Crippen LogP contribution in [0.3, 0.4) is 0 Å². The topological polar surface area (TPSA) is 52.0 Å². The van der Waals surface area contributed by atoms with E-state index in [1.54, 1.807) is 0 Å². The van der Waals surface area contributed by atoms with Crippen LogP contribution < -0.4 is 5.32 Å². The monoisotopic (exact) mass is 340 g/mol. The largest absolute Gasteiger partial charge is 0.372 e. The van der Waals surface area contributed by atoms with Crippen LogP contribution in [0, 0.1) is 5.92 Å². The van der Waals surface area contributed by atoms with Gasteiger partial charge in [-0.05, 0) is 43.9 Å². The molecule has 4 rings (SSSR count). The molecule has 2 aromatic heterocycles. The normalized spacial score (nSPS) is 25.5. The third-order valence-electron chi connectivity index (χ3n) is 5.98. The lowest BCUT2D eigenvalue weighted by molar-refractivity contribution is -0.0328. The van der Waals surface area contributed by atoms with Crippen molar-refractivity contribution in [3.8, 4) is 0 Å². The summed E-state index contributed by atoms with van der Waals surface area (Å²) in [5.74, 6) is 0.505. The summed E-state index contributed by atoms with van der Waals surface area (Å²) in [7, 11) is 2.00. The Kier molecular flexibility index (Phi) is 4.86. The van der Waals surface area contributed by atoms with Crippen molar-refractivity contribution < 1.29 is 4.74 Å². The van der Waals surface area contributed by atoms with E-state index in [1.165, 1.54) is 37.1 Å². The molecule has 0 unspecified atom stereocenters. The maximum atomic E-state index is 6.11. The van der Waals surface area contributed by atoms with Gasteiger partial charge in [0, 0.05) is 56.2 Å². The standard InChI is InChI=1S/C20H28N4O/c1-24-17(8-12-23-24)19-16(6-4-13-25-19)14-21-15-20(9-5-10-20)18-7-2-3-11-22-18/h2-3,7-8,11-12,16,19,21H,4-6,9-10,13-15H2,1H3/t16-,19+/m0/s1. The SMILES string of the molecule is Cn1nccc1[C@@H]1OCCC[C@H]1CNCC1(c2ccccn2)CCC1. The first-order valence-electron chi connectivity index (χ1n) is 9.50. The number of aryl methyl sites for hydroxylation is 1. The van der Waals surface area contributed by atoms with Gasteiger partial charge in [0.15, 0.2) is 0 Å². The van der Waals surface area contributed by atoms with Crippen molar-refractivity contribution in [2.75, 3.05) is 19.7 Å². The van der Waals surface area contributed by atoms with Crippen molar-refractivity contribution in [2.24, 2.45) is 13.0 Å². The van der Waals surface area contributed by atoms with Crippen LogP contribution in [-0.2, 0) is 17.2 Å². The van der Waals surface area contributed by atoms with Crippen LogP contribution in [-0.4, -0.2) is 34.5 Å². The second-order valence-electron chi connectivity index (χ2n) is 7.55. The Labute approximate surface area is 149 Å². The molecule has 0 amide bonds. The summed E-state index contributed by atoms with van der Waals surface area (Å²) in [5, 5.41) is 8.07. The van der Waals surface area contributed by atoms with Gasteiger partial charge in [0.05, 0.1) is 5.69 Å². The summed E-state index contributed by atoms with van der Waals surface area (Å²) in [5.41, 5.74) is 2.67. The number of ether oxygens (including phenoxy) is 1. The van der Waals surface area contributed by atoms with E-state index in [0.717, 1.165) is 26.1 Å². The molecule has 1 saturated carbocycles. The summed E-state index contributed by atoms with van der Waals surface area (Å²) in [6.45, 7) is 2.85. The van der Waals surface area contributed by atoms with Gasteiger partial charge < -0.3 is 10.1 Å². The number of hydrogen-bond acceptors (Lipinski definition) is 4. The van der Waals surface area contributed by atoms with Gasteiger partial charge in [-0.25, -0.2) is 0 Å². The zero-order valence-corrected chi connectivity index (χ0v) is 15.0. The minimum atomic E-state index is 0.154. The molecule has 134 valence electrons. The molecule has 5 heteroatoms. The van der Waals surface area contributed by atoms with Crippen molar-refractivity contribution >= 4 is 0 Å². The highest BCUT2D eigenvalue weighted by Crippen LogP contribution is 2.42. The van der Waals surface area contributed by atoms with Gasteiger partial charge in [-0.3, -0.25) is 9.67 Å². The predicted octanol–water partition coefficient (Wildman–Crippen LogP) is 2.99. The van der Waals surface area contributed by atoms with Crippen molar-refractivity contribution in [2.45, 2.75) is 43.6 Å². The molecular formula is C20H28N4O. The van der Waals surface area contributed by atoms with Crippen molar-refractivity contribution in [3.63, 3.8) is 0 Å². The summed E-state index contributed by atoms with van der Waals surface area (Å²) in [4.78, 5) is 4.63. The fraction of sp³-hybridized carbons (Fsp3) is 0.600. The minimum Gasteiger partial charge on any atom is -0.372 e. The fourth-order valence-corrected chi connectivity index (χ4v) is 4.34. The van der Waals surface area contributed by atoms with E-state index in [2.05, 4.69) is 33.6 Å². The summed E-state index contributed by atoms with van der Waals surface area (Å²) in [6.07, 6.45) is 10.1. The molecular weight excluding hydrogens is 312 g/mol. The Bertz CT molecular complexity index is 680. The molecule has 3 heterocycles. The van der Waals surface area contributed by atoms with Crippen LogP contribution in [0.25, 0.3) is 0 Å². The molecule has 1 N–H and O–H groups in total. The molecule has 0 radical (unpaired) electrons. The van der Waals surface area contributed by atoms with Gasteiger partial charge in [-0.2, -0.15) is 5.10 Å². The molecule has 1 aliphatic heterocycles. The molecule has 2 aliphatic rings. The van der Waals surface area contributed by atoms with E-state index in [1.807, 2.05) is 30.2 Å². The second kappa shape index (κ2) is 7.26. The second-order valence-corrected chi connectivity index (χ2v) is 7.55. The molecule has 1 aliphatic carbocycles. The lowest BCUT2D eigenvalue weighted by Gasteiger charge is -2.42. The number of nitrogens with zero attached hydrogens (tertiary/aromatic N) is 3. The van der Waals surface area contributed by atoms with E-state index < -0.39 is 0 Å². The zero-order valence-electron chi connectivity index (χ0n) is 15.0. The molecule has 2 aromatic rings. The zero-order chi connectivity index (χ0) is 17.1. The molecule has 0 aromatic carbocycles. The molecule has 1 saturated heterocycles. The maximum Gasteiger partial charge on any atom is 0.103 e. The van der Waals surface area contributed by atoms with Gasteiger partial charge in [-0.1, -0.05) is 12.5 Å². The molecule has 2 fully saturated rings. The molecule has 0 spiro atoms. The summed E-state index contributed by atoms with van der Waals surface area (Å²) in [6, 6.07) is 8.38. The number of nitrogens with one attached hydrogen (secondary N) is 1. The third kappa shape index (κ3) is 3.35. The smallest absolute Gasteiger partial charge is 0.103 e. The lowest BCUT2D eigenvalue weighted by Crippen LogP contribution is -2.46. The highest BCUT2D eigenvalue weighted by Gasteiger charge is 2.40. The lowest BCUT2D eigenvalue weighted by atomic mass is 9.66. The van der Waals surface area contributed by atoms with E-state index in [4.69, 9.17) is 4.74 Å². The number of hydrogen-bond donors (Lipinski definition) is 1. The van der Waals surface area contributed by atoms with Crippen molar-refractivity contribution in [1.29, 1.82) is 0 Å². The highest BCUT2D eigenvalue weighted by molar-refractivity contribution is 5.21. The molecule has 2 atom stereocenters. The Hall–Kier alpha value is -1.72. The molecule has 25 heavy (non-hydrogen) atoms. The van der Waals surface area contributed by atoms with Crippen LogP contribution in [0.1, 0.15) is 49.6 Å². The number of rotatable bonds is 6. The van der Waals surface area contributed by atoms with Gasteiger partial charge >= 0.3 is 0 Å². The van der Waals surface area contributed by atoms with Gasteiger partial charge in [0.2, 0.25) is 0 Å². The summed E-state index contributed by atoms with van der Waals surface area (Å²) < 4.78 is 8.06. The average Bonchev–Trinajstić information content (AvgIpc) is 3.04. The van der Waals surface area contributed by atoms with E-state index >= 15 is 0 Å². The Balaban J connectivity index is 1.39. The molecule has 5 nitrogen and oxygen atoms in total. The highest BCUT2D eigenvalue weighted by atomic mass is 16.5. The van der Waals surface area contributed by atoms with E-state index in [-0.39, 0.29) is 11.5 Å². The minimum absolute atomic E-state index is 0.154. The van der Waals surface area contributed by atoms with Crippen molar-refractivity contribution in [3.05, 3.63) is 48.0 Å². The van der Waals surface area contributed by atoms with Crippen LogP contribution in [0.5, 0.6) is 0 Å². The average molecular weight is 340 g/mol. The van der Waals surface area contributed by atoms with Crippen LogP contribution in [0.4, 0.5) is 0 Å². The Morgan fingerprint density at radius 2 is 2.16 bits per heavy atom. The van der Waals surface area contributed by atoms with Crippen molar-refractivity contribution in [1.82, 2.24) is 20.1 Å². The Morgan fingerprint density at radius 3 is 2.84 bits per heavy atom. The predicted molar refractivity (Wildman–Crippen MR) is 97.3 cm³/mol. The van der Waals surface area contributed by atoms with Crippen LogP contribution >= 0.6 is 0 Å². The maximum absolute atomic E-state index is 6.11. The first-order valence-corrected chi connectivity index (χ1v) is 9.50. The van der Waals surface area contributed by atoms with Gasteiger partial charge in [0.1, 0.15) is 6.10 Å². The first-order chi connectivity index (χ1) is 12.3. The fourth-order valence-electron chi connectivity index (χ4n) is 4.34. The van der Waals surface area contributed by atoms with E-state index in [0.29, 0.717) is 5.92 Å². The van der Waals surface area contributed by atoms with Gasteiger partial charge in [-0.15, -0.1) is 0 Å². The number of aromatic nitrogens is 3. The summed E-state index contributed by atoms with van der Waals surface area (Å²) >= 11 is 0.